The molecule has 0 aliphatic carbocycles. The van der Waals surface area contributed by atoms with Crippen molar-refractivity contribution < 1.29 is 13.2 Å². The van der Waals surface area contributed by atoms with E-state index in [1.54, 1.807) is 31.2 Å². The molecular weight excluding hydrogens is 338 g/mol. The van der Waals surface area contributed by atoms with E-state index in [1.807, 2.05) is 11.8 Å². The molecule has 1 fully saturated rings. The fraction of sp³-hybridized carbons (Fsp3) is 0.533. The smallest absolute Gasteiger partial charge is 0.254 e. The largest absolute Gasteiger partial charge is 0.333 e. The molecule has 0 radical (unpaired) electrons. The van der Waals surface area contributed by atoms with Crippen molar-refractivity contribution in [2.24, 2.45) is 0 Å². The number of carbonyl (C=O) groups excluding carboxylic acids is 1. The zero-order valence-electron chi connectivity index (χ0n) is 13.4. The lowest BCUT2D eigenvalue weighted by Crippen LogP contribution is -2.52. The quantitative estimate of drug-likeness (QED) is 0.819. The summed E-state index contributed by atoms with van der Waals surface area (Å²) in [7, 11) is -3.20. The summed E-state index contributed by atoms with van der Waals surface area (Å²) in [6.45, 7) is 6.19. The van der Waals surface area contributed by atoms with Crippen LogP contribution in [-0.2, 0) is 16.6 Å². The van der Waals surface area contributed by atoms with Gasteiger partial charge in [-0.2, -0.15) is 0 Å². The van der Waals surface area contributed by atoms with Crippen LogP contribution in [0.1, 0.15) is 29.8 Å². The first-order chi connectivity index (χ1) is 10.4. The molecule has 1 aromatic carbocycles. The molecule has 1 atom stereocenters. The number of rotatable bonds is 5. The summed E-state index contributed by atoms with van der Waals surface area (Å²) in [4.78, 5) is 14.3. The SMILES string of the molecule is CCS(=O)(=O)NCc1ccc(C(=O)N2CCNC[C@@H]2C)cc1.Cl. The van der Waals surface area contributed by atoms with Crippen LogP contribution in [0.25, 0.3) is 0 Å². The molecule has 2 rings (SSSR count). The van der Waals surface area contributed by atoms with Gasteiger partial charge in [0, 0.05) is 37.8 Å². The molecule has 0 aromatic heterocycles. The summed E-state index contributed by atoms with van der Waals surface area (Å²) in [6.07, 6.45) is 0. The van der Waals surface area contributed by atoms with E-state index >= 15 is 0 Å². The number of nitrogens with one attached hydrogen (secondary N) is 2. The van der Waals surface area contributed by atoms with E-state index in [2.05, 4.69) is 10.0 Å². The monoisotopic (exact) mass is 361 g/mol. The van der Waals surface area contributed by atoms with Gasteiger partial charge in [0.15, 0.2) is 0 Å². The zero-order valence-corrected chi connectivity index (χ0v) is 15.0. The van der Waals surface area contributed by atoms with Crippen molar-refractivity contribution in [3.05, 3.63) is 35.4 Å². The first kappa shape index (κ1) is 19.9. The van der Waals surface area contributed by atoms with Gasteiger partial charge in [-0.3, -0.25) is 4.79 Å². The van der Waals surface area contributed by atoms with Gasteiger partial charge in [0.25, 0.3) is 5.91 Å². The van der Waals surface area contributed by atoms with E-state index in [-0.39, 0.29) is 36.7 Å². The van der Waals surface area contributed by atoms with Crippen molar-refractivity contribution in [2.45, 2.75) is 26.4 Å². The molecule has 8 heteroatoms. The normalized spacial score (nSPS) is 18.3. The van der Waals surface area contributed by atoms with Crippen LogP contribution in [0, 0.1) is 0 Å². The molecule has 0 bridgehead atoms. The van der Waals surface area contributed by atoms with Gasteiger partial charge in [0.05, 0.1) is 5.75 Å². The Bertz CT molecular complexity index is 619. The number of nitrogens with zero attached hydrogens (tertiary/aromatic N) is 1. The second-order valence-corrected chi connectivity index (χ2v) is 7.57. The molecule has 0 spiro atoms. The van der Waals surface area contributed by atoms with E-state index in [0.717, 1.165) is 18.7 Å². The molecule has 1 aromatic rings. The van der Waals surface area contributed by atoms with Gasteiger partial charge in [-0.1, -0.05) is 12.1 Å². The minimum Gasteiger partial charge on any atom is -0.333 e. The molecule has 1 aliphatic heterocycles. The third kappa shape index (κ3) is 5.46. The maximum Gasteiger partial charge on any atom is 0.254 e. The van der Waals surface area contributed by atoms with Gasteiger partial charge in [0.2, 0.25) is 10.0 Å². The van der Waals surface area contributed by atoms with Crippen molar-refractivity contribution in [1.29, 1.82) is 0 Å². The summed E-state index contributed by atoms with van der Waals surface area (Å²) >= 11 is 0. The molecule has 1 heterocycles. The Kier molecular flexibility index (Phi) is 7.47. The number of halogens is 1. The average molecular weight is 362 g/mol. The molecular formula is C15H24ClN3O3S. The van der Waals surface area contributed by atoms with E-state index in [4.69, 9.17) is 0 Å². The van der Waals surface area contributed by atoms with Gasteiger partial charge in [-0.15, -0.1) is 12.4 Å². The standard InChI is InChI=1S/C15H23N3O3S.ClH/c1-3-22(20,21)17-11-13-4-6-14(7-5-13)15(19)18-9-8-16-10-12(18)2;/h4-7,12,16-17H,3,8-11H2,1-2H3;1H/t12-;/m0./s1. The molecule has 2 N–H and O–H groups in total. The van der Waals surface area contributed by atoms with E-state index < -0.39 is 10.0 Å². The molecule has 1 aliphatic rings. The van der Waals surface area contributed by atoms with E-state index in [0.29, 0.717) is 12.1 Å². The Morgan fingerprint density at radius 2 is 2.00 bits per heavy atom. The summed E-state index contributed by atoms with van der Waals surface area (Å²) in [6, 6.07) is 7.27. The topological polar surface area (TPSA) is 78.5 Å². The number of sulfonamides is 1. The Morgan fingerprint density at radius 3 is 2.57 bits per heavy atom. The third-order valence-electron chi connectivity index (χ3n) is 3.84. The van der Waals surface area contributed by atoms with Crippen molar-refractivity contribution >= 4 is 28.3 Å². The van der Waals surface area contributed by atoms with E-state index in [9.17, 15) is 13.2 Å². The number of amides is 1. The molecule has 130 valence electrons. The molecule has 0 unspecified atom stereocenters. The van der Waals surface area contributed by atoms with Crippen LogP contribution in [0.3, 0.4) is 0 Å². The highest BCUT2D eigenvalue weighted by molar-refractivity contribution is 7.89. The van der Waals surface area contributed by atoms with Gasteiger partial charge < -0.3 is 10.2 Å². The lowest BCUT2D eigenvalue weighted by molar-refractivity contribution is 0.0655. The highest BCUT2D eigenvalue weighted by atomic mass is 35.5. The van der Waals surface area contributed by atoms with Crippen LogP contribution in [-0.4, -0.2) is 50.7 Å². The Balaban J connectivity index is 0.00000264. The number of piperazine rings is 1. The van der Waals surface area contributed by atoms with Gasteiger partial charge >= 0.3 is 0 Å². The Morgan fingerprint density at radius 1 is 1.35 bits per heavy atom. The minimum absolute atomic E-state index is 0. The van der Waals surface area contributed by atoms with Crippen molar-refractivity contribution in [3.63, 3.8) is 0 Å². The first-order valence-electron chi connectivity index (χ1n) is 7.51. The predicted octanol–water partition coefficient (Wildman–Crippen LogP) is 0.982. The fourth-order valence-electron chi connectivity index (χ4n) is 2.37. The Hall–Kier alpha value is -1.15. The maximum atomic E-state index is 12.5. The van der Waals surface area contributed by atoms with Crippen LogP contribution in [0.2, 0.25) is 0 Å². The van der Waals surface area contributed by atoms with Crippen LogP contribution in [0.15, 0.2) is 24.3 Å². The number of hydrogen-bond acceptors (Lipinski definition) is 4. The predicted molar refractivity (Wildman–Crippen MR) is 93.4 cm³/mol. The number of benzene rings is 1. The fourth-order valence-corrected chi connectivity index (χ4v) is 2.96. The van der Waals surface area contributed by atoms with Crippen LogP contribution in [0.5, 0.6) is 0 Å². The molecule has 23 heavy (non-hydrogen) atoms. The lowest BCUT2D eigenvalue weighted by Gasteiger charge is -2.34. The molecule has 6 nitrogen and oxygen atoms in total. The number of carbonyl (C=O) groups is 1. The highest BCUT2D eigenvalue weighted by Gasteiger charge is 2.23. The number of hydrogen-bond donors (Lipinski definition) is 2. The lowest BCUT2D eigenvalue weighted by atomic mass is 10.1. The third-order valence-corrected chi connectivity index (χ3v) is 5.18. The highest BCUT2D eigenvalue weighted by Crippen LogP contribution is 2.12. The van der Waals surface area contributed by atoms with Gasteiger partial charge in [0.1, 0.15) is 0 Å². The Labute approximate surface area is 144 Å². The van der Waals surface area contributed by atoms with Crippen LogP contribution < -0.4 is 10.0 Å². The summed E-state index contributed by atoms with van der Waals surface area (Å²) in [5.74, 6) is 0.0828. The average Bonchev–Trinajstić information content (AvgIpc) is 2.53. The summed E-state index contributed by atoms with van der Waals surface area (Å²) in [5, 5.41) is 3.26. The second kappa shape index (κ2) is 8.63. The van der Waals surface area contributed by atoms with Crippen LogP contribution >= 0.6 is 12.4 Å². The van der Waals surface area contributed by atoms with Gasteiger partial charge in [-0.25, -0.2) is 13.1 Å². The van der Waals surface area contributed by atoms with Crippen LogP contribution in [0.4, 0.5) is 0 Å². The minimum atomic E-state index is -3.20. The molecule has 1 amide bonds. The van der Waals surface area contributed by atoms with Gasteiger partial charge in [-0.05, 0) is 31.5 Å². The second-order valence-electron chi connectivity index (χ2n) is 5.47. The molecule has 0 saturated carbocycles. The first-order valence-corrected chi connectivity index (χ1v) is 9.16. The van der Waals surface area contributed by atoms with Crippen molar-refractivity contribution in [1.82, 2.24) is 14.9 Å². The summed E-state index contributed by atoms with van der Waals surface area (Å²) in [5.41, 5.74) is 1.47. The maximum absolute atomic E-state index is 12.5. The van der Waals surface area contributed by atoms with E-state index in [1.165, 1.54) is 0 Å². The van der Waals surface area contributed by atoms with Crippen molar-refractivity contribution in [3.8, 4) is 0 Å². The summed E-state index contributed by atoms with van der Waals surface area (Å²) < 4.78 is 25.3. The molecule has 1 saturated heterocycles. The zero-order chi connectivity index (χ0) is 16.2. The van der Waals surface area contributed by atoms with Crippen molar-refractivity contribution in [2.75, 3.05) is 25.4 Å².